The molecule has 1 heterocycles. The van der Waals surface area contributed by atoms with Crippen molar-refractivity contribution in [2.45, 2.75) is 26.4 Å². The number of aliphatic hydroxyl groups excluding tert-OH is 1. The standard InChI is InChI=1S/C10H16BrNOS/c1-7(5-13)8(2)12-4-10-3-9(11)6-14-10/h3,6-8,12-13H,4-5H2,1-2H3. The molecule has 0 aliphatic rings. The number of hydrogen-bond donors (Lipinski definition) is 2. The molecule has 4 heteroatoms. The van der Waals surface area contributed by atoms with E-state index < -0.39 is 0 Å². The summed E-state index contributed by atoms with van der Waals surface area (Å²) < 4.78 is 1.14. The van der Waals surface area contributed by atoms with Crippen molar-refractivity contribution >= 4 is 27.3 Å². The highest BCUT2D eigenvalue weighted by Gasteiger charge is 2.10. The second-order valence-corrected chi connectivity index (χ2v) is 5.47. The molecule has 1 rings (SSSR count). The van der Waals surface area contributed by atoms with Gasteiger partial charge in [-0.15, -0.1) is 11.3 Å². The molecule has 0 amide bonds. The fraction of sp³-hybridized carbons (Fsp3) is 0.600. The van der Waals surface area contributed by atoms with Crippen molar-refractivity contribution in [3.63, 3.8) is 0 Å². The molecule has 0 spiro atoms. The minimum absolute atomic E-state index is 0.238. The molecule has 1 aromatic heterocycles. The van der Waals surface area contributed by atoms with Crippen LogP contribution >= 0.6 is 27.3 Å². The van der Waals surface area contributed by atoms with E-state index in [4.69, 9.17) is 5.11 Å². The molecule has 2 atom stereocenters. The van der Waals surface area contributed by atoms with E-state index in [0.717, 1.165) is 11.0 Å². The van der Waals surface area contributed by atoms with Crippen LogP contribution in [0.25, 0.3) is 0 Å². The minimum atomic E-state index is 0.238. The van der Waals surface area contributed by atoms with Crippen molar-refractivity contribution in [3.8, 4) is 0 Å². The summed E-state index contributed by atoms with van der Waals surface area (Å²) in [6, 6.07) is 2.47. The molecule has 14 heavy (non-hydrogen) atoms. The van der Waals surface area contributed by atoms with Crippen molar-refractivity contribution in [3.05, 3.63) is 20.8 Å². The zero-order valence-corrected chi connectivity index (χ0v) is 10.9. The molecule has 0 radical (unpaired) electrons. The highest BCUT2D eigenvalue weighted by Crippen LogP contribution is 2.19. The van der Waals surface area contributed by atoms with Crippen LogP contribution in [-0.4, -0.2) is 17.8 Å². The van der Waals surface area contributed by atoms with Crippen molar-refractivity contribution < 1.29 is 5.11 Å². The van der Waals surface area contributed by atoms with E-state index in [9.17, 15) is 0 Å². The molecule has 1 aromatic rings. The number of hydrogen-bond acceptors (Lipinski definition) is 3. The average Bonchev–Trinajstić information content (AvgIpc) is 2.59. The first-order chi connectivity index (χ1) is 6.63. The summed E-state index contributed by atoms with van der Waals surface area (Å²) in [7, 11) is 0. The Morgan fingerprint density at radius 3 is 2.79 bits per heavy atom. The van der Waals surface area contributed by atoms with Gasteiger partial charge in [0.15, 0.2) is 0 Å². The molecule has 0 saturated heterocycles. The molecule has 2 nitrogen and oxygen atoms in total. The lowest BCUT2D eigenvalue weighted by molar-refractivity contribution is 0.207. The van der Waals surface area contributed by atoms with Crippen molar-refractivity contribution in [1.82, 2.24) is 5.32 Å². The fourth-order valence-electron chi connectivity index (χ4n) is 1.07. The Morgan fingerprint density at radius 2 is 2.29 bits per heavy atom. The van der Waals surface area contributed by atoms with Gasteiger partial charge in [-0.25, -0.2) is 0 Å². The molecule has 2 unspecified atom stereocenters. The van der Waals surface area contributed by atoms with E-state index in [1.165, 1.54) is 4.88 Å². The van der Waals surface area contributed by atoms with Crippen LogP contribution in [-0.2, 0) is 6.54 Å². The van der Waals surface area contributed by atoms with Gasteiger partial charge in [0.05, 0.1) is 0 Å². The smallest absolute Gasteiger partial charge is 0.0471 e. The van der Waals surface area contributed by atoms with E-state index >= 15 is 0 Å². The Morgan fingerprint density at radius 1 is 1.57 bits per heavy atom. The number of thiophene rings is 1. The van der Waals surface area contributed by atoms with Crippen molar-refractivity contribution in [2.75, 3.05) is 6.61 Å². The summed E-state index contributed by atoms with van der Waals surface area (Å²) in [6.45, 7) is 5.26. The molecular weight excluding hydrogens is 262 g/mol. The van der Waals surface area contributed by atoms with E-state index in [2.05, 4.69) is 39.6 Å². The van der Waals surface area contributed by atoms with Gasteiger partial charge in [0.2, 0.25) is 0 Å². The lowest BCUT2D eigenvalue weighted by Crippen LogP contribution is -2.33. The van der Waals surface area contributed by atoms with Crippen molar-refractivity contribution in [2.24, 2.45) is 5.92 Å². The third-order valence-corrected chi connectivity index (χ3v) is 4.06. The average molecular weight is 278 g/mol. The largest absolute Gasteiger partial charge is 0.396 e. The molecule has 0 aliphatic carbocycles. The van der Waals surface area contributed by atoms with E-state index in [-0.39, 0.29) is 6.61 Å². The fourth-order valence-corrected chi connectivity index (χ4v) is 2.47. The van der Waals surface area contributed by atoms with Crippen LogP contribution in [0, 0.1) is 5.92 Å². The predicted molar refractivity (Wildman–Crippen MR) is 64.6 cm³/mol. The Hall–Kier alpha value is 0.1000. The van der Waals surface area contributed by atoms with Gasteiger partial charge in [-0.1, -0.05) is 6.92 Å². The molecule has 0 aromatic carbocycles. The van der Waals surface area contributed by atoms with Gasteiger partial charge >= 0.3 is 0 Å². The lowest BCUT2D eigenvalue weighted by Gasteiger charge is -2.18. The van der Waals surface area contributed by atoms with Gasteiger partial charge in [0.1, 0.15) is 0 Å². The zero-order valence-electron chi connectivity index (χ0n) is 8.46. The van der Waals surface area contributed by atoms with Crippen LogP contribution in [0.3, 0.4) is 0 Å². The maximum atomic E-state index is 8.96. The summed E-state index contributed by atoms with van der Waals surface area (Å²) in [6.07, 6.45) is 0. The molecule has 0 bridgehead atoms. The summed E-state index contributed by atoms with van der Waals surface area (Å²) in [5, 5.41) is 14.4. The van der Waals surface area contributed by atoms with Gasteiger partial charge in [0, 0.05) is 33.9 Å². The molecule has 0 fully saturated rings. The molecule has 80 valence electrons. The number of halogens is 1. The molecular formula is C10H16BrNOS. The Balaban J connectivity index is 2.33. The normalized spacial score (nSPS) is 15.4. The second kappa shape index (κ2) is 5.85. The number of nitrogens with one attached hydrogen (secondary N) is 1. The third kappa shape index (κ3) is 3.69. The number of rotatable bonds is 5. The Labute approximate surface area is 97.5 Å². The number of aliphatic hydroxyl groups is 1. The SMILES string of the molecule is CC(CO)C(C)NCc1cc(Br)cs1. The van der Waals surface area contributed by atoms with Crippen LogP contribution < -0.4 is 5.32 Å². The summed E-state index contributed by atoms with van der Waals surface area (Å²) >= 11 is 5.16. The maximum Gasteiger partial charge on any atom is 0.0471 e. The summed E-state index contributed by atoms with van der Waals surface area (Å²) in [4.78, 5) is 1.31. The molecule has 2 N–H and O–H groups in total. The monoisotopic (exact) mass is 277 g/mol. The van der Waals surface area contributed by atoms with Crippen molar-refractivity contribution in [1.29, 1.82) is 0 Å². The van der Waals surface area contributed by atoms with Gasteiger partial charge < -0.3 is 10.4 Å². The zero-order chi connectivity index (χ0) is 10.6. The van der Waals surface area contributed by atoms with Crippen LogP contribution in [0.5, 0.6) is 0 Å². The first kappa shape index (κ1) is 12.2. The Kier molecular flexibility index (Phi) is 5.09. The summed E-state index contributed by atoms with van der Waals surface area (Å²) in [5.41, 5.74) is 0. The highest BCUT2D eigenvalue weighted by atomic mass is 79.9. The quantitative estimate of drug-likeness (QED) is 0.867. The first-order valence-corrected chi connectivity index (χ1v) is 6.38. The molecule has 0 aliphatic heterocycles. The van der Waals surface area contributed by atoms with Crippen LogP contribution in [0.15, 0.2) is 15.9 Å². The summed E-state index contributed by atoms with van der Waals surface area (Å²) in [5.74, 6) is 0.304. The van der Waals surface area contributed by atoms with Gasteiger partial charge in [-0.3, -0.25) is 0 Å². The molecule has 0 saturated carbocycles. The van der Waals surface area contributed by atoms with E-state index in [0.29, 0.717) is 12.0 Å². The van der Waals surface area contributed by atoms with E-state index in [1.807, 2.05) is 6.92 Å². The Bertz CT molecular complexity index is 277. The van der Waals surface area contributed by atoms with Gasteiger partial charge in [0.25, 0.3) is 0 Å². The highest BCUT2D eigenvalue weighted by molar-refractivity contribution is 9.10. The predicted octanol–water partition coefficient (Wildman–Crippen LogP) is 2.62. The lowest BCUT2D eigenvalue weighted by atomic mass is 10.1. The first-order valence-electron chi connectivity index (χ1n) is 4.70. The van der Waals surface area contributed by atoms with Gasteiger partial charge in [-0.2, -0.15) is 0 Å². The third-order valence-electron chi connectivity index (χ3n) is 2.36. The van der Waals surface area contributed by atoms with Gasteiger partial charge in [-0.05, 0) is 34.8 Å². The second-order valence-electron chi connectivity index (χ2n) is 3.56. The van der Waals surface area contributed by atoms with Crippen LogP contribution in [0.4, 0.5) is 0 Å². The van der Waals surface area contributed by atoms with Crippen LogP contribution in [0.1, 0.15) is 18.7 Å². The maximum absolute atomic E-state index is 8.96. The topological polar surface area (TPSA) is 32.3 Å². The van der Waals surface area contributed by atoms with Crippen LogP contribution in [0.2, 0.25) is 0 Å². The minimum Gasteiger partial charge on any atom is -0.396 e. The van der Waals surface area contributed by atoms with E-state index in [1.54, 1.807) is 11.3 Å².